The van der Waals surface area contributed by atoms with Crippen LogP contribution in [0.25, 0.3) is 56.2 Å². The Labute approximate surface area is 364 Å². The Morgan fingerprint density at radius 1 is 0.492 bits per heavy atom. The first-order valence-corrected chi connectivity index (χ1v) is 23.3. The number of benzene rings is 4. The molecule has 314 valence electrons. The zero-order chi connectivity index (χ0) is 42.4. The Hall–Kier alpha value is -4.98. The molecular formula is C55H64N6. The minimum atomic E-state index is -0.459. The number of hydrogen-bond acceptors (Lipinski definition) is 6. The van der Waals surface area contributed by atoms with Crippen LogP contribution in [0, 0.1) is 0 Å². The Morgan fingerprint density at radius 3 is 1.54 bits per heavy atom. The molecule has 4 aromatic carbocycles. The van der Waals surface area contributed by atoms with Crippen molar-refractivity contribution in [3.8, 4) is 56.2 Å². The van der Waals surface area contributed by atoms with Crippen molar-refractivity contribution in [1.29, 1.82) is 0 Å². The lowest BCUT2D eigenvalue weighted by Crippen LogP contribution is -2.55. The van der Waals surface area contributed by atoms with Crippen molar-refractivity contribution in [2.24, 2.45) is 5.73 Å². The van der Waals surface area contributed by atoms with Gasteiger partial charge in [-0.3, -0.25) is 10.6 Å². The van der Waals surface area contributed by atoms with Gasteiger partial charge in [-0.15, -0.1) is 0 Å². The molecule has 0 aliphatic heterocycles. The van der Waals surface area contributed by atoms with Crippen LogP contribution in [0.4, 0.5) is 0 Å². The van der Waals surface area contributed by atoms with E-state index in [2.05, 4.69) is 167 Å². The largest absolute Gasteiger partial charge is 0.325 e. The molecule has 61 heavy (non-hydrogen) atoms. The molecule has 6 aromatic rings. The molecular weight excluding hydrogens is 745 g/mol. The van der Waals surface area contributed by atoms with Gasteiger partial charge >= 0.3 is 0 Å². The first-order valence-electron chi connectivity index (χ1n) is 23.3. The highest BCUT2D eigenvalue weighted by atomic mass is 15.2. The average Bonchev–Trinajstić information content (AvgIpc) is 3.82. The van der Waals surface area contributed by atoms with Gasteiger partial charge in [0.2, 0.25) is 0 Å². The Balaban J connectivity index is 1.06. The summed E-state index contributed by atoms with van der Waals surface area (Å²) in [6.45, 7) is 16.5. The first kappa shape index (κ1) is 41.4. The topological polar surface area (TPSA) is 87.9 Å². The molecule has 9 rings (SSSR count). The average molecular weight is 809 g/mol. The number of rotatable bonds is 17. The second-order valence-electron chi connectivity index (χ2n) is 18.2. The van der Waals surface area contributed by atoms with Crippen LogP contribution in [0.3, 0.4) is 0 Å². The van der Waals surface area contributed by atoms with Crippen molar-refractivity contribution in [2.75, 3.05) is 19.6 Å². The van der Waals surface area contributed by atoms with Gasteiger partial charge in [-0.05, 0) is 97.4 Å². The van der Waals surface area contributed by atoms with Crippen molar-refractivity contribution in [1.82, 2.24) is 25.9 Å². The summed E-state index contributed by atoms with van der Waals surface area (Å²) in [6, 6.07) is 40.6. The van der Waals surface area contributed by atoms with E-state index in [1.807, 2.05) is 0 Å². The maximum Gasteiger partial charge on any atom is 0.124 e. The van der Waals surface area contributed by atoms with Crippen LogP contribution in [0.1, 0.15) is 126 Å². The van der Waals surface area contributed by atoms with Gasteiger partial charge in [-0.2, -0.15) is 0 Å². The normalized spacial score (nSPS) is 17.6. The third-order valence-corrected chi connectivity index (χ3v) is 14.0. The second-order valence-corrected chi connectivity index (χ2v) is 18.2. The van der Waals surface area contributed by atoms with Gasteiger partial charge in [0.25, 0.3) is 0 Å². The Bertz CT molecular complexity index is 2560. The smallest absolute Gasteiger partial charge is 0.124 e. The summed E-state index contributed by atoms with van der Waals surface area (Å²) in [5.74, 6) is 0. The lowest BCUT2D eigenvalue weighted by molar-refractivity contribution is 0.317. The van der Waals surface area contributed by atoms with Gasteiger partial charge in [0.05, 0.1) is 28.3 Å². The number of nitrogens with two attached hydrogens (primary N) is 1. The van der Waals surface area contributed by atoms with Crippen molar-refractivity contribution in [3.63, 3.8) is 0 Å². The Morgan fingerprint density at radius 2 is 0.984 bits per heavy atom. The van der Waals surface area contributed by atoms with Crippen LogP contribution in [-0.2, 0) is 16.6 Å². The summed E-state index contributed by atoms with van der Waals surface area (Å²) in [7, 11) is 0. The summed E-state index contributed by atoms with van der Waals surface area (Å²) >= 11 is 0. The molecule has 0 radical (unpaired) electrons. The first-order chi connectivity index (χ1) is 29.7. The minimum Gasteiger partial charge on any atom is -0.325 e. The molecule has 0 bridgehead atoms. The number of aromatic nitrogens is 2. The van der Waals surface area contributed by atoms with Crippen molar-refractivity contribution in [3.05, 3.63) is 143 Å². The third-order valence-electron chi connectivity index (χ3n) is 14.0. The van der Waals surface area contributed by atoms with Crippen molar-refractivity contribution >= 4 is 0 Å². The highest BCUT2D eigenvalue weighted by Gasteiger charge is 2.48. The van der Waals surface area contributed by atoms with Gasteiger partial charge in [0.1, 0.15) is 5.66 Å². The van der Waals surface area contributed by atoms with E-state index in [1.165, 1.54) is 55.6 Å². The molecule has 3 aliphatic carbocycles. The van der Waals surface area contributed by atoms with E-state index in [0.29, 0.717) is 0 Å². The monoisotopic (exact) mass is 809 g/mol. The fraction of sp³-hybridized carbons (Fsp3) is 0.382. The maximum atomic E-state index is 7.16. The van der Waals surface area contributed by atoms with Crippen molar-refractivity contribution in [2.45, 2.75) is 116 Å². The zero-order valence-corrected chi connectivity index (χ0v) is 37.2. The lowest BCUT2D eigenvalue weighted by atomic mass is 9.79. The van der Waals surface area contributed by atoms with Crippen LogP contribution in [-0.4, -0.2) is 35.6 Å². The molecule has 0 saturated carbocycles. The summed E-state index contributed by atoms with van der Waals surface area (Å²) in [4.78, 5) is 11.0. The van der Waals surface area contributed by atoms with Crippen LogP contribution in [0.15, 0.2) is 109 Å². The molecule has 0 saturated heterocycles. The summed E-state index contributed by atoms with van der Waals surface area (Å²) in [5, 5.41) is 11.9. The molecule has 5 N–H and O–H groups in total. The molecule has 6 nitrogen and oxygen atoms in total. The summed E-state index contributed by atoms with van der Waals surface area (Å²) in [5.41, 5.74) is 25.0. The van der Waals surface area contributed by atoms with Gasteiger partial charge in [-0.25, -0.2) is 9.97 Å². The summed E-state index contributed by atoms with van der Waals surface area (Å²) < 4.78 is 0. The van der Waals surface area contributed by atoms with Gasteiger partial charge in [-0.1, -0.05) is 152 Å². The second kappa shape index (κ2) is 16.7. The number of unbranched alkanes of at least 4 members (excludes halogenated alkanes) is 3. The molecule has 2 atom stereocenters. The van der Waals surface area contributed by atoms with Gasteiger partial charge in [0, 0.05) is 50.4 Å². The fourth-order valence-corrected chi connectivity index (χ4v) is 10.7. The van der Waals surface area contributed by atoms with Crippen LogP contribution in [0.2, 0.25) is 0 Å². The van der Waals surface area contributed by atoms with Gasteiger partial charge < -0.3 is 11.1 Å². The molecule has 3 aliphatic rings. The number of nitrogens with zero attached hydrogens (tertiary/aromatic N) is 2. The van der Waals surface area contributed by atoms with Crippen LogP contribution >= 0.6 is 0 Å². The third kappa shape index (κ3) is 6.69. The van der Waals surface area contributed by atoms with E-state index >= 15 is 0 Å². The predicted octanol–water partition coefficient (Wildman–Crippen LogP) is 11.8. The number of pyridine rings is 2. The van der Waals surface area contributed by atoms with E-state index in [0.717, 1.165) is 105 Å². The van der Waals surface area contributed by atoms with Gasteiger partial charge in [0.15, 0.2) is 0 Å². The molecule has 0 amide bonds. The Kier molecular flexibility index (Phi) is 11.3. The zero-order valence-electron chi connectivity index (χ0n) is 37.2. The highest BCUT2D eigenvalue weighted by molar-refractivity contribution is 5.87. The van der Waals surface area contributed by atoms with E-state index < -0.39 is 11.2 Å². The molecule has 2 unspecified atom stereocenters. The number of nitrogens with one attached hydrogen (secondary N) is 3. The fourth-order valence-electron chi connectivity index (χ4n) is 10.7. The lowest BCUT2D eigenvalue weighted by Gasteiger charge is -2.38. The quantitative estimate of drug-likeness (QED) is 0.0542. The minimum absolute atomic E-state index is 0.0647. The maximum absolute atomic E-state index is 7.16. The summed E-state index contributed by atoms with van der Waals surface area (Å²) in [6.07, 6.45) is 8.74. The highest BCUT2D eigenvalue weighted by Crippen LogP contribution is 2.53. The molecule has 6 heteroatoms. The van der Waals surface area contributed by atoms with E-state index in [1.54, 1.807) is 0 Å². The standard InChI is InChI=1S/C55H64N6/c1-7-11-31-57-54(50(56)18-10-4)42-21-16-14-19-40(42)51-44(54)27-29-48(60-51)36-23-25-38-39-26-24-37(35-47(39)53(5,6)46(38)34-36)49-30-28-45-52(61-49)41-20-15-17-22-43(41)55(45,58-32-12-8-2)59-33-13-9-3/h14-17,19-30,34-35,50,57-59H,7-13,18,31-33,56H2,1-6H3. The van der Waals surface area contributed by atoms with E-state index in [9.17, 15) is 0 Å². The van der Waals surface area contributed by atoms with Crippen molar-refractivity contribution < 1.29 is 0 Å². The predicted molar refractivity (Wildman–Crippen MR) is 255 cm³/mol. The number of hydrogen-bond donors (Lipinski definition) is 4. The van der Waals surface area contributed by atoms with Crippen LogP contribution < -0.4 is 21.7 Å². The molecule has 2 heterocycles. The van der Waals surface area contributed by atoms with E-state index in [-0.39, 0.29) is 11.5 Å². The molecule has 0 spiro atoms. The van der Waals surface area contributed by atoms with E-state index in [4.69, 9.17) is 15.7 Å². The molecule has 0 fully saturated rings. The number of fused-ring (bicyclic) bond motifs is 9. The SMILES string of the molecule is CCCCNC1(NCCCC)c2ccccc2-c2nc(-c3ccc4c(c3)C(C)(C)c3cc(-c5ccc6c(n5)-c5ccccc5C6(NCCCC)C(N)CCC)ccc3-4)ccc21. The molecule has 2 aromatic heterocycles. The van der Waals surface area contributed by atoms with Crippen LogP contribution in [0.5, 0.6) is 0 Å².